The molecule has 7 rings (SSSR count). The third-order valence-corrected chi connectivity index (χ3v) is 12.6. The van der Waals surface area contributed by atoms with Crippen molar-refractivity contribution in [1.29, 1.82) is 0 Å². The molecule has 3 atom stereocenters. The summed E-state index contributed by atoms with van der Waals surface area (Å²) in [6.07, 6.45) is 5.70. The molecule has 3 aromatic rings. The Labute approximate surface area is 325 Å². The van der Waals surface area contributed by atoms with Crippen molar-refractivity contribution < 1.29 is 24.2 Å². The third-order valence-electron chi connectivity index (χ3n) is 11.8. The van der Waals surface area contributed by atoms with Crippen LogP contribution in [0.1, 0.15) is 71.6 Å². The number of aliphatic carboxylic acids is 1. The number of hydrogen-bond donors (Lipinski definition) is 2. The van der Waals surface area contributed by atoms with E-state index in [1.54, 1.807) is 24.4 Å². The van der Waals surface area contributed by atoms with E-state index >= 15 is 0 Å². The molecule has 0 bridgehead atoms. The number of methoxy groups -OCH3 is 1. The molecule has 3 saturated heterocycles. The van der Waals surface area contributed by atoms with E-state index in [1.807, 2.05) is 65.6 Å². The van der Waals surface area contributed by atoms with Crippen LogP contribution in [0.4, 0.5) is 0 Å². The Kier molecular flexibility index (Phi) is 11.4. The highest BCUT2D eigenvalue weighted by Gasteiger charge is 2.46. The molecule has 3 unspecified atom stereocenters. The summed E-state index contributed by atoms with van der Waals surface area (Å²) in [5.41, 5.74) is 5.27. The van der Waals surface area contributed by atoms with Gasteiger partial charge in [0, 0.05) is 31.6 Å². The summed E-state index contributed by atoms with van der Waals surface area (Å²) in [4.78, 5) is 44.4. The molecule has 284 valence electrons. The molecule has 3 aromatic carbocycles. The number of carbonyl (C=O) groups excluding carboxylic acids is 2. The van der Waals surface area contributed by atoms with Gasteiger partial charge in [0.15, 0.2) is 0 Å². The first-order chi connectivity index (χ1) is 26.1. The topological polar surface area (TPSA) is 140 Å². The van der Waals surface area contributed by atoms with Crippen LogP contribution >= 0.6 is 23.2 Å². The Morgan fingerprint density at radius 3 is 2.44 bits per heavy atom. The average molecular weight is 775 g/mol. The number of nitrogens with zero attached hydrogens (tertiary/aromatic N) is 6. The van der Waals surface area contributed by atoms with Crippen LogP contribution in [-0.2, 0) is 20.4 Å². The van der Waals surface area contributed by atoms with Gasteiger partial charge in [-0.05, 0) is 104 Å². The number of benzene rings is 3. The van der Waals surface area contributed by atoms with Gasteiger partial charge in [-0.25, -0.2) is 5.01 Å². The maximum Gasteiger partial charge on any atom is 0.307 e. The lowest BCUT2D eigenvalue weighted by Gasteiger charge is -2.43. The fourth-order valence-electron chi connectivity index (χ4n) is 8.53. The number of hydrogen-bond acceptors (Lipinski definition) is 9. The van der Waals surface area contributed by atoms with Crippen LogP contribution in [0.25, 0.3) is 0 Å². The minimum atomic E-state index is -0.829. The zero-order chi connectivity index (χ0) is 37.9. The largest absolute Gasteiger partial charge is 0.496 e. The Hall–Kier alpha value is -4.36. The second-order valence-electron chi connectivity index (χ2n) is 14.9. The number of amides is 2. The zero-order valence-corrected chi connectivity index (χ0v) is 31.8. The first-order valence-electron chi connectivity index (χ1n) is 18.5. The van der Waals surface area contributed by atoms with Crippen molar-refractivity contribution in [2.24, 2.45) is 21.4 Å². The first-order valence-corrected chi connectivity index (χ1v) is 19.3. The van der Waals surface area contributed by atoms with E-state index in [2.05, 4.69) is 25.8 Å². The maximum atomic E-state index is 14.2. The van der Waals surface area contributed by atoms with Gasteiger partial charge in [0.05, 0.1) is 40.3 Å². The van der Waals surface area contributed by atoms with Gasteiger partial charge in [0.2, 0.25) is 5.91 Å². The van der Waals surface area contributed by atoms with Gasteiger partial charge in [0.1, 0.15) is 11.8 Å². The predicted molar refractivity (Wildman–Crippen MR) is 206 cm³/mol. The van der Waals surface area contributed by atoms with Gasteiger partial charge in [0.25, 0.3) is 5.91 Å². The summed E-state index contributed by atoms with van der Waals surface area (Å²) >= 11 is 13.0. The quantitative estimate of drug-likeness (QED) is 0.226. The van der Waals surface area contributed by atoms with Crippen molar-refractivity contribution >= 4 is 47.2 Å². The lowest BCUT2D eigenvalue weighted by molar-refractivity contribution is -0.146. The number of hydrazine groups is 1. The number of nitrogens with one attached hydrogen (secondary N) is 1. The summed E-state index contributed by atoms with van der Waals surface area (Å²) < 4.78 is 5.63. The van der Waals surface area contributed by atoms with Gasteiger partial charge in [-0.15, -0.1) is 5.10 Å². The van der Waals surface area contributed by atoms with Gasteiger partial charge in [-0.3, -0.25) is 19.8 Å². The standard InChI is InChI=1S/C40H45Cl2N7O5/c1-54-35-12-9-27(34-24-43-46-44-34)22-31(35)36(50)48-21-14-39(26-48,30-10-11-32(41)33(42)23-30)13-18-47-19-15-40(16-20-47,29-7-3-2-4-8-29)38(53)45-49-17-5-6-28(25-49)37(51)52/h2-4,7-12,22-24,28,34H,5-6,13-21,25-26H2,1H3,(H,45,53)(H,51,52). The van der Waals surface area contributed by atoms with Crippen molar-refractivity contribution in [2.75, 3.05) is 52.9 Å². The van der Waals surface area contributed by atoms with Crippen LogP contribution < -0.4 is 10.2 Å². The van der Waals surface area contributed by atoms with Gasteiger partial charge in [-0.1, -0.05) is 65.7 Å². The highest BCUT2D eigenvalue weighted by atomic mass is 35.5. The number of carbonyl (C=O) groups is 3. The van der Waals surface area contributed by atoms with Crippen LogP contribution in [0, 0.1) is 5.92 Å². The minimum absolute atomic E-state index is 0.0839. The molecule has 0 saturated carbocycles. The maximum absolute atomic E-state index is 14.2. The molecule has 12 nitrogen and oxygen atoms in total. The molecule has 0 aromatic heterocycles. The molecular formula is C40H45Cl2N7O5. The Morgan fingerprint density at radius 1 is 0.944 bits per heavy atom. The number of carboxylic acid groups (broad SMARTS) is 1. The average Bonchev–Trinajstić information content (AvgIpc) is 3.90. The molecule has 2 amide bonds. The van der Waals surface area contributed by atoms with Gasteiger partial charge in [-0.2, -0.15) is 5.11 Å². The number of likely N-dealkylation sites (tertiary alicyclic amines) is 2. The molecule has 0 aliphatic carbocycles. The SMILES string of the molecule is COc1ccc(C2C=NN=N2)cc1C(=O)N1CCC(CCN2CCC(C(=O)NN3CCCC(C(=O)O)C3)(c3ccccc3)CC2)(c2ccc(Cl)c(Cl)c2)C1. The molecule has 4 heterocycles. The lowest BCUT2D eigenvalue weighted by Crippen LogP contribution is -2.57. The van der Waals surface area contributed by atoms with E-state index in [0.29, 0.717) is 79.9 Å². The lowest BCUT2D eigenvalue weighted by atomic mass is 9.71. The van der Waals surface area contributed by atoms with E-state index in [0.717, 1.165) is 42.5 Å². The summed E-state index contributed by atoms with van der Waals surface area (Å²) in [5, 5.41) is 24.1. The van der Waals surface area contributed by atoms with Gasteiger partial charge >= 0.3 is 5.97 Å². The van der Waals surface area contributed by atoms with Crippen LogP contribution in [0.15, 0.2) is 82.2 Å². The third kappa shape index (κ3) is 7.75. The van der Waals surface area contributed by atoms with Gasteiger partial charge < -0.3 is 19.6 Å². The Bertz CT molecular complexity index is 1920. The number of rotatable bonds is 11. The number of ether oxygens (including phenoxy) is 1. The predicted octanol–water partition coefficient (Wildman–Crippen LogP) is 6.53. The van der Waals surface area contributed by atoms with Crippen molar-refractivity contribution in [2.45, 2.75) is 55.4 Å². The number of halogens is 2. The summed E-state index contributed by atoms with van der Waals surface area (Å²) in [6, 6.07) is 20.8. The summed E-state index contributed by atoms with van der Waals surface area (Å²) in [7, 11) is 1.56. The van der Waals surface area contributed by atoms with E-state index in [1.165, 1.54) is 0 Å². The first kappa shape index (κ1) is 37.9. The highest BCUT2D eigenvalue weighted by Crippen LogP contribution is 2.43. The number of piperidine rings is 2. The molecule has 54 heavy (non-hydrogen) atoms. The molecule has 3 fully saturated rings. The van der Waals surface area contributed by atoms with E-state index < -0.39 is 17.3 Å². The Morgan fingerprint density at radius 2 is 1.74 bits per heavy atom. The monoisotopic (exact) mass is 773 g/mol. The van der Waals surface area contributed by atoms with Crippen LogP contribution in [0.2, 0.25) is 10.0 Å². The van der Waals surface area contributed by atoms with Crippen LogP contribution in [-0.4, -0.2) is 96.8 Å². The Balaban J connectivity index is 1.08. The second-order valence-corrected chi connectivity index (χ2v) is 15.7. The van der Waals surface area contributed by atoms with Crippen LogP contribution in [0.3, 0.4) is 0 Å². The molecular weight excluding hydrogens is 729 g/mol. The van der Waals surface area contributed by atoms with E-state index in [-0.39, 0.29) is 23.3 Å². The molecule has 4 aliphatic rings. The fourth-order valence-corrected chi connectivity index (χ4v) is 8.83. The van der Waals surface area contributed by atoms with Crippen molar-refractivity contribution in [1.82, 2.24) is 20.2 Å². The normalized spacial score (nSPS) is 24.1. The zero-order valence-electron chi connectivity index (χ0n) is 30.3. The van der Waals surface area contributed by atoms with E-state index in [9.17, 15) is 19.5 Å². The van der Waals surface area contributed by atoms with Crippen molar-refractivity contribution in [3.05, 3.63) is 99.0 Å². The minimum Gasteiger partial charge on any atom is -0.496 e. The molecule has 0 spiro atoms. The van der Waals surface area contributed by atoms with Crippen molar-refractivity contribution in [3.63, 3.8) is 0 Å². The number of carboxylic acids is 1. The molecule has 14 heteroatoms. The van der Waals surface area contributed by atoms with Crippen molar-refractivity contribution in [3.8, 4) is 5.75 Å². The van der Waals surface area contributed by atoms with Crippen LogP contribution in [0.5, 0.6) is 5.75 Å². The summed E-state index contributed by atoms with van der Waals surface area (Å²) in [6.45, 7) is 4.12. The smallest absolute Gasteiger partial charge is 0.307 e. The highest BCUT2D eigenvalue weighted by molar-refractivity contribution is 6.42. The van der Waals surface area contributed by atoms with E-state index in [4.69, 9.17) is 27.9 Å². The molecule has 2 N–H and O–H groups in total. The fraction of sp³-hybridized carbons (Fsp3) is 0.450. The second kappa shape index (κ2) is 16.2. The molecule has 0 radical (unpaired) electrons. The summed E-state index contributed by atoms with van der Waals surface area (Å²) in [5.74, 6) is -1.04. The molecule has 4 aliphatic heterocycles.